The maximum atomic E-state index is 9.88. The maximum Gasteiger partial charge on any atom is 0.193 e. The Balaban J connectivity index is 0.00000200. The van der Waals surface area contributed by atoms with E-state index >= 15 is 0 Å². The highest BCUT2D eigenvalue weighted by Crippen LogP contribution is 2.25. The van der Waals surface area contributed by atoms with Crippen LogP contribution in [-0.4, -0.2) is 48.2 Å². The molecule has 0 radical (unpaired) electrons. The number of guanidine groups is 1. The minimum Gasteiger partial charge on any atom is -0.393 e. The second kappa shape index (κ2) is 9.07. The van der Waals surface area contributed by atoms with E-state index < -0.39 is 0 Å². The molecule has 5 heteroatoms. The van der Waals surface area contributed by atoms with E-state index in [0.29, 0.717) is 5.92 Å². The lowest BCUT2D eigenvalue weighted by molar-refractivity contribution is 0.136. The monoisotopic (exact) mass is 395 g/mol. The van der Waals surface area contributed by atoms with Gasteiger partial charge in [0.15, 0.2) is 5.96 Å². The van der Waals surface area contributed by atoms with Gasteiger partial charge in [0, 0.05) is 32.1 Å². The van der Waals surface area contributed by atoms with Crippen molar-refractivity contribution in [2.24, 2.45) is 16.8 Å². The number of nitrogens with one attached hydrogen (secondary N) is 1. The first-order valence-electron chi connectivity index (χ1n) is 7.92. The maximum absolute atomic E-state index is 9.88. The molecule has 0 aromatic rings. The van der Waals surface area contributed by atoms with Crippen molar-refractivity contribution in [2.45, 2.75) is 52.1 Å². The number of nitrogens with zero attached hydrogens (tertiary/aromatic N) is 2. The van der Waals surface area contributed by atoms with Crippen molar-refractivity contribution in [1.82, 2.24) is 10.2 Å². The van der Waals surface area contributed by atoms with E-state index in [2.05, 4.69) is 24.1 Å². The molecule has 0 amide bonds. The molecule has 2 fully saturated rings. The van der Waals surface area contributed by atoms with E-state index in [1.54, 1.807) is 0 Å². The lowest BCUT2D eigenvalue weighted by atomic mass is 10.0. The summed E-state index contributed by atoms with van der Waals surface area (Å²) in [4.78, 5) is 7.16. The summed E-state index contributed by atoms with van der Waals surface area (Å²) < 4.78 is 0. The fourth-order valence-corrected chi connectivity index (χ4v) is 3.24. The Kier molecular flexibility index (Phi) is 8.17. The van der Waals surface area contributed by atoms with Gasteiger partial charge >= 0.3 is 0 Å². The quantitative estimate of drug-likeness (QED) is 0.439. The molecule has 0 bridgehead atoms. The molecule has 2 rings (SSSR count). The SMILES string of the molecule is CCNC(=NCC1CCCC1O)N1CCCC(C)C1.I. The van der Waals surface area contributed by atoms with Crippen LogP contribution in [0.2, 0.25) is 0 Å². The van der Waals surface area contributed by atoms with Gasteiger partial charge in [-0.15, -0.1) is 24.0 Å². The van der Waals surface area contributed by atoms with Gasteiger partial charge in [0.2, 0.25) is 0 Å². The summed E-state index contributed by atoms with van der Waals surface area (Å²) in [5, 5.41) is 13.3. The van der Waals surface area contributed by atoms with E-state index in [0.717, 1.165) is 57.3 Å². The lowest BCUT2D eigenvalue weighted by Crippen LogP contribution is -2.46. The summed E-state index contributed by atoms with van der Waals surface area (Å²) >= 11 is 0. The Bertz CT molecular complexity index is 311. The Hall–Kier alpha value is -0.0400. The van der Waals surface area contributed by atoms with Crippen molar-refractivity contribution >= 4 is 29.9 Å². The third kappa shape index (κ3) is 5.06. The van der Waals surface area contributed by atoms with Gasteiger partial charge in [-0.3, -0.25) is 4.99 Å². The number of rotatable bonds is 3. The molecule has 118 valence electrons. The zero-order chi connectivity index (χ0) is 13.7. The number of halogens is 1. The molecule has 3 atom stereocenters. The molecule has 0 aromatic heterocycles. The average Bonchev–Trinajstić information content (AvgIpc) is 2.80. The van der Waals surface area contributed by atoms with E-state index in [1.807, 2.05) is 0 Å². The van der Waals surface area contributed by atoms with Crippen LogP contribution in [0.25, 0.3) is 0 Å². The molecular weight excluding hydrogens is 365 g/mol. The zero-order valence-corrected chi connectivity index (χ0v) is 15.2. The highest BCUT2D eigenvalue weighted by atomic mass is 127. The zero-order valence-electron chi connectivity index (χ0n) is 12.8. The summed E-state index contributed by atoms with van der Waals surface area (Å²) in [7, 11) is 0. The minimum absolute atomic E-state index is 0. The highest BCUT2D eigenvalue weighted by molar-refractivity contribution is 14.0. The number of aliphatic hydroxyl groups excluding tert-OH is 1. The topological polar surface area (TPSA) is 47.9 Å². The van der Waals surface area contributed by atoms with Crippen molar-refractivity contribution in [3.8, 4) is 0 Å². The summed E-state index contributed by atoms with van der Waals surface area (Å²) in [6, 6.07) is 0. The molecule has 4 nitrogen and oxygen atoms in total. The largest absolute Gasteiger partial charge is 0.393 e. The van der Waals surface area contributed by atoms with Crippen LogP contribution >= 0.6 is 24.0 Å². The molecular formula is C15H30IN3O. The Morgan fingerprint density at radius 2 is 2.10 bits per heavy atom. The minimum atomic E-state index is -0.132. The number of aliphatic imine (C=N–C) groups is 1. The van der Waals surface area contributed by atoms with Crippen molar-refractivity contribution in [1.29, 1.82) is 0 Å². The van der Waals surface area contributed by atoms with Crippen LogP contribution in [0.3, 0.4) is 0 Å². The molecule has 1 saturated heterocycles. The number of hydrogen-bond donors (Lipinski definition) is 2. The second-order valence-electron chi connectivity index (χ2n) is 6.15. The molecule has 1 heterocycles. The van der Waals surface area contributed by atoms with E-state index in [4.69, 9.17) is 4.99 Å². The normalized spacial score (nSPS) is 31.1. The molecule has 2 N–H and O–H groups in total. The molecule has 1 aliphatic carbocycles. The van der Waals surface area contributed by atoms with Gasteiger partial charge in [-0.25, -0.2) is 0 Å². The fourth-order valence-electron chi connectivity index (χ4n) is 3.24. The van der Waals surface area contributed by atoms with Gasteiger partial charge in [0.1, 0.15) is 0 Å². The van der Waals surface area contributed by atoms with Gasteiger partial charge in [-0.1, -0.05) is 13.3 Å². The van der Waals surface area contributed by atoms with Crippen molar-refractivity contribution in [2.75, 3.05) is 26.2 Å². The van der Waals surface area contributed by atoms with E-state index in [1.165, 1.54) is 12.8 Å². The second-order valence-corrected chi connectivity index (χ2v) is 6.15. The van der Waals surface area contributed by atoms with Gasteiger partial charge in [0.05, 0.1) is 6.10 Å². The van der Waals surface area contributed by atoms with Crippen LogP contribution in [0, 0.1) is 11.8 Å². The van der Waals surface area contributed by atoms with Crippen LogP contribution in [-0.2, 0) is 0 Å². The summed E-state index contributed by atoms with van der Waals surface area (Å²) in [5.74, 6) is 2.18. The lowest BCUT2D eigenvalue weighted by Gasteiger charge is -2.33. The smallest absolute Gasteiger partial charge is 0.193 e. The van der Waals surface area contributed by atoms with Gasteiger partial charge in [-0.05, 0) is 38.5 Å². The summed E-state index contributed by atoms with van der Waals surface area (Å²) in [6.07, 6.45) is 5.69. The molecule has 3 unspecified atom stereocenters. The van der Waals surface area contributed by atoms with Gasteiger partial charge < -0.3 is 15.3 Å². The molecule has 0 spiro atoms. The Morgan fingerprint density at radius 1 is 1.30 bits per heavy atom. The third-order valence-corrected chi connectivity index (χ3v) is 4.39. The molecule has 1 aliphatic heterocycles. The van der Waals surface area contributed by atoms with Crippen LogP contribution in [0.4, 0.5) is 0 Å². The Labute approximate surface area is 140 Å². The number of piperidine rings is 1. The van der Waals surface area contributed by atoms with Crippen molar-refractivity contribution in [3.63, 3.8) is 0 Å². The standard InChI is InChI=1S/C15H29N3O.HI/c1-3-16-15(18-9-5-6-12(2)11-18)17-10-13-7-4-8-14(13)19;/h12-14,19H,3-11H2,1-2H3,(H,16,17);1H. The van der Waals surface area contributed by atoms with Gasteiger partial charge in [0.25, 0.3) is 0 Å². The molecule has 20 heavy (non-hydrogen) atoms. The molecule has 2 aliphatic rings. The number of likely N-dealkylation sites (tertiary alicyclic amines) is 1. The van der Waals surface area contributed by atoms with E-state index in [-0.39, 0.29) is 30.1 Å². The molecule has 1 saturated carbocycles. The number of aliphatic hydroxyl groups is 1. The Morgan fingerprint density at radius 3 is 2.70 bits per heavy atom. The first-order chi connectivity index (χ1) is 9.20. The predicted octanol–water partition coefficient (Wildman–Crippen LogP) is 2.46. The average molecular weight is 395 g/mol. The summed E-state index contributed by atoms with van der Waals surface area (Å²) in [5.41, 5.74) is 0. The van der Waals surface area contributed by atoms with E-state index in [9.17, 15) is 5.11 Å². The van der Waals surface area contributed by atoms with Crippen LogP contribution in [0.5, 0.6) is 0 Å². The van der Waals surface area contributed by atoms with Crippen molar-refractivity contribution < 1.29 is 5.11 Å². The van der Waals surface area contributed by atoms with Crippen LogP contribution < -0.4 is 5.32 Å². The van der Waals surface area contributed by atoms with Crippen LogP contribution in [0.1, 0.15) is 46.0 Å². The number of hydrogen-bond acceptors (Lipinski definition) is 2. The van der Waals surface area contributed by atoms with Gasteiger partial charge in [-0.2, -0.15) is 0 Å². The van der Waals surface area contributed by atoms with Crippen LogP contribution in [0.15, 0.2) is 4.99 Å². The fraction of sp³-hybridized carbons (Fsp3) is 0.933. The summed E-state index contributed by atoms with van der Waals surface area (Å²) in [6.45, 7) is 8.34. The molecule has 0 aromatic carbocycles. The van der Waals surface area contributed by atoms with Crippen molar-refractivity contribution in [3.05, 3.63) is 0 Å². The third-order valence-electron chi connectivity index (χ3n) is 4.39. The first-order valence-corrected chi connectivity index (χ1v) is 7.92. The first kappa shape index (κ1) is 18.0. The predicted molar refractivity (Wildman–Crippen MR) is 94.7 cm³/mol. The highest BCUT2D eigenvalue weighted by Gasteiger charge is 2.25.